The molecule has 0 aliphatic carbocycles. The number of nitrogens with zero attached hydrogens (tertiary/aromatic N) is 5. The second-order valence-corrected chi connectivity index (χ2v) is 9.11. The highest BCUT2D eigenvalue weighted by atomic mass is 19.1. The summed E-state index contributed by atoms with van der Waals surface area (Å²) in [6, 6.07) is 11.6. The van der Waals surface area contributed by atoms with E-state index in [9.17, 15) is 8.78 Å². The van der Waals surface area contributed by atoms with Crippen molar-refractivity contribution in [1.82, 2.24) is 24.7 Å². The maximum atomic E-state index is 15.0. The number of anilines is 2. The van der Waals surface area contributed by atoms with Gasteiger partial charge < -0.3 is 19.5 Å². The second-order valence-electron chi connectivity index (χ2n) is 9.11. The fourth-order valence-corrected chi connectivity index (χ4v) is 4.23. The van der Waals surface area contributed by atoms with Crippen LogP contribution in [0.3, 0.4) is 0 Å². The highest BCUT2D eigenvalue weighted by Gasteiger charge is 2.20. The predicted octanol–water partition coefficient (Wildman–Crippen LogP) is 5.61. The monoisotopic (exact) mass is 546 g/mol. The maximum absolute atomic E-state index is 15.0. The number of aryl methyl sites for hydroxylation is 2. The number of benzene rings is 2. The van der Waals surface area contributed by atoms with Crippen LogP contribution < -0.4 is 14.8 Å². The molecule has 206 valence electrons. The standard InChI is InChI=1S/C29H28F2N6O3/c1-17-14-32-18(2)11-24(17)34-28-26(39-4)15-33-29(35-28)27-20-7-5-6-8-25(20)37(36-27)16-21-22(30)12-19(13-23(21)31)40-10-9-38-3/h5-8,11-15H,9-10,16H2,1-4H3,(H,32,33,34,35). The van der Waals surface area contributed by atoms with Gasteiger partial charge in [-0.05, 0) is 31.5 Å². The molecule has 40 heavy (non-hydrogen) atoms. The van der Waals surface area contributed by atoms with Gasteiger partial charge in [0.25, 0.3) is 0 Å². The summed E-state index contributed by atoms with van der Waals surface area (Å²) in [6.45, 7) is 4.18. The molecule has 2 aromatic carbocycles. The fraction of sp³-hybridized carbons (Fsp3) is 0.241. The van der Waals surface area contributed by atoms with Gasteiger partial charge in [-0.3, -0.25) is 9.67 Å². The number of methoxy groups -OCH3 is 2. The SMILES string of the molecule is COCCOc1cc(F)c(Cn2nc(-c3ncc(OC)c(Nc4cc(C)ncc4C)n3)c3ccccc32)c(F)c1. The summed E-state index contributed by atoms with van der Waals surface area (Å²) in [5, 5.41) is 8.73. The molecule has 0 fully saturated rings. The van der Waals surface area contributed by atoms with E-state index in [1.807, 2.05) is 44.2 Å². The first kappa shape index (κ1) is 26.9. The van der Waals surface area contributed by atoms with E-state index in [2.05, 4.69) is 20.4 Å². The minimum absolute atomic E-state index is 0.0908. The van der Waals surface area contributed by atoms with Gasteiger partial charge in [0.15, 0.2) is 17.4 Å². The van der Waals surface area contributed by atoms with Crippen LogP contribution in [0.25, 0.3) is 22.4 Å². The summed E-state index contributed by atoms with van der Waals surface area (Å²) in [4.78, 5) is 13.5. The van der Waals surface area contributed by atoms with Crippen molar-refractivity contribution in [1.29, 1.82) is 0 Å². The van der Waals surface area contributed by atoms with E-state index in [1.54, 1.807) is 12.4 Å². The molecule has 0 atom stereocenters. The number of hydrogen-bond donors (Lipinski definition) is 1. The summed E-state index contributed by atoms with van der Waals surface area (Å²) < 4.78 is 47.3. The normalized spacial score (nSPS) is 11.2. The Morgan fingerprint density at radius 2 is 1.73 bits per heavy atom. The Kier molecular flexibility index (Phi) is 7.83. The Labute approximate surface area is 229 Å². The molecule has 0 aliphatic heterocycles. The third-order valence-corrected chi connectivity index (χ3v) is 6.32. The van der Waals surface area contributed by atoms with Crippen LogP contribution in [0.1, 0.15) is 16.8 Å². The number of pyridine rings is 1. The number of ether oxygens (including phenoxy) is 3. The molecule has 3 heterocycles. The van der Waals surface area contributed by atoms with Gasteiger partial charge in [-0.2, -0.15) is 5.10 Å². The molecule has 0 amide bonds. The fourth-order valence-electron chi connectivity index (χ4n) is 4.23. The van der Waals surface area contributed by atoms with Crippen LogP contribution in [0.4, 0.5) is 20.3 Å². The molecule has 5 rings (SSSR count). The van der Waals surface area contributed by atoms with Crippen LogP contribution in [-0.2, 0) is 11.3 Å². The number of nitrogens with one attached hydrogen (secondary N) is 1. The average Bonchev–Trinajstić information content (AvgIpc) is 3.31. The molecular formula is C29H28F2N6O3. The topological polar surface area (TPSA) is 96.2 Å². The molecule has 3 aromatic heterocycles. The quantitative estimate of drug-likeness (QED) is 0.226. The molecular weight excluding hydrogens is 518 g/mol. The van der Waals surface area contributed by atoms with Crippen molar-refractivity contribution in [2.75, 3.05) is 32.8 Å². The molecule has 5 aromatic rings. The Bertz CT molecular complexity index is 1650. The first-order valence-electron chi connectivity index (χ1n) is 12.5. The predicted molar refractivity (Wildman–Crippen MR) is 147 cm³/mol. The van der Waals surface area contributed by atoms with Crippen LogP contribution in [0.2, 0.25) is 0 Å². The minimum atomic E-state index is -0.733. The van der Waals surface area contributed by atoms with Gasteiger partial charge in [0, 0.05) is 47.8 Å². The lowest BCUT2D eigenvalue weighted by Gasteiger charge is -2.13. The average molecular weight is 547 g/mol. The molecule has 0 bridgehead atoms. The molecule has 0 saturated carbocycles. The molecule has 0 spiro atoms. The Morgan fingerprint density at radius 1 is 0.950 bits per heavy atom. The van der Waals surface area contributed by atoms with Gasteiger partial charge in [-0.1, -0.05) is 18.2 Å². The Balaban J connectivity index is 1.52. The van der Waals surface area contributed by atoms with Gasteiger partial charge in [0.05, 0.1) is 32.0 Å². The van der Waals surface area contributed by atoms with Gasteiger partial charge in [0.1, 0.15) is 29.7 Å². The molecule has 0 aliphatic rings. The number of halogens is 2. The third-order valence-electron chi connectivity index (χ3n) is 6.32. The lowest BCUT2D eigenvalue weighted by molar-refractivity contribution is 0.146. The summed E-state index contributed by atoms with van der Waals surface area (Å²) >= 11 is 0. The van der Waals surface area contributed by atoms with Crippen molar-refractivity contribution in [3.8, 4) is 23.0 Å². The van der Waals surface area contributed by atoms with Crippen LogP contribution in [0.15, 0.2) is 54.9 Å². The van der Waals surface area contributed by atoms with Crippen molar-refractivity contribution in [3.05, 3.63) is 83.3 Å². The Hall–Kier alpha value is -4.64. The van der Waals surface area contributed by atoms with Crippen LogP contribution >= 0.6 is 0 Å². The molecule has 1 N–H and O–H groups in total. The van der Waals surface area contributed by atoms with E-state index in [0.29, 0.717) is 35.2 Å². The molecule has 0 unspecified atom stereocenters. The van der Waals surface area contributed by atoms with E-state index in [4.69, 9.17) is 19.2 Å². The number of para-hydroxylation sites is 1. The van der Waals surface area contributed by atoms with Crippen molar-refractivity contribution < 1.29 is 23.0 Å². The molecule has 11 heteroatoms. The first-order valence-corrected chi connectivity index (χ1v) is 12.5. The summed E-state index contributed by atoms with van der Waals surface area (Å²) in [5.41, 5.74) is 3.60. The van der Waals surface area contributed by atoms with Gasteiger partial charge in [-0.25, -0.2) is 18.7 Å². The highest BCUT2D eigenvalue weighted by Crippen LogP contribution is 2.32. The van der Waals surface area contributed by atoms with E-state index in [0.717, 1.165) is 34.5 Å². The summed E-state index contributed by atoms with van der Waals surface area (Å²) in [7, 11) is 3.06. The zero-order valence-electron chi connectivity index (χ0n) is 22.5. The summed E-state index contributed by atoms with van der Waals surface area (Å²) in [6.07, 6.45) is 3.33. The van der Waals surface area contributed by atoms with Crippen molar-refractivity contribution in [2.45, 2.75) is 20.4 Å². The zero-order chi connectivity index (χ0) is 28.2. The van der Waals surface area contributed by atoms with Crippen LogP contribution in [0.5, 0.6) is 11.5 Å². The lowest BCUT2D eigenvalue weighted by atomic mass is 10.1. The smallest absolute Gasteiger partial charge is 0.183 e. The number of hydrogen-bond acceptors (Lipinski definition) is 8. The van der Waals surface area contributed by atoms with E-state index < -0.39 is 11.6 Å². The largest absolute Gasteiger partial charge is 0.491 e. The molecule has 9 nitrogen and oxygen atoms in total. The lowest BCUT2D eigenvalue weighted by Crippen LogP contribution is -2.09. The molecule has 0 saturated heterocycles. The van der Waals surface area contributed by atoms with Crippen molar-refractivity contribution in [3.63, 3.8) is 0 Å². The number of rotatable bonds is 10. The maximum Gasteiger partial charge on any atom is 0.183 e. The minimum Gasteiger partial charge on any atom is -0.491 e. The zero-order valence-corrected chi connectivity index (χ0v) is 22.5. The van der Waals surface area contributed by atoms with Gasteiger partial charge in [0.2, 0.25) is 0 Å². The number of fused-ring (bicyclic) bond motifs is 1. The molecule has 0 radical (unpaired) electrons. The van der Waals surface area contributed by atoms with Crippen LogP contribution in [-0.4, -0.2) is 52.2 Å². The number of aromatic nitrogens is 5. The van der Waals surface area contributed by atoms with Crippen LogP contribution in [0, 0.1) is 25.5 Å². The second kappa shape index (κ2) is 11.6. The van der Waals surface area contributed by atoms with E-state index >= 15 is 0 Å². The first-order chi connectivity index (χ1) is 19.4. The van der Waals surface area contributed by atoms with E-state index in [1.165, 1.54) is 18.9 Å². The van der Waals surface area contributed by atoms with Gasteiger partial charge >= 0.3 is 0 Å². The highest BCUT2D eigenvalue weighted by molar-refractivity contribution is 5.92. The van der Waals surface area contributed by atoms with Crippen molar-refractivity contribution in [2.24, 2.45) is 0 Å². The van der Waals surface area contributed by atoms with Gasteiger partial charge in [-0.15, -0.1) is 0 Å². The van der Waals surface area contributed by atoms with E-state index in [-0.39, 0.29) is 24.5 Å². The summed E-state index contributed by atoms with van der Waals surface area (Å²) in [5.74, 6) is -0.163. The third kappa shape index (κ3) is 5.55. The van der Waals surface area contributed by atoms with Crippen molar-refractivity contribution >= 4 is 22.4 Å². The Morgan fingerprint density at radius 3 is 2.48 bits per heavy atom.